The van der Waals surface area contributed by atoms with Gasteiger partial charge < -0.3 is 0 Å². The third-order valence-electron chi connectivity index (χ3n) is 4.07. The van der Waals surface area contributed by atoms with Gasteiger partial charge in [0.05, 0.1) is 11.1 Å². The molecular formula is C16H20N2O2. The van der Waals surface area contributed by atoms with E-state index in [9.17, 15) is 9.59 Å². The van der Waals surface area contributed by atoms with Gasteiger partial charge in [-0.15, -0.1) is 0 Å². The van der Waals surface area contributed by atoms with Crippen molar-refractivity contribution >= 4 is 12.2 Å². The van der Waals surface area contributed by atoms with Gasteiger partial charge in [-0.05, 0) is 37.8 Å². The molecule has 1 rings (SSSR count). The highest BCUT2D eigenvalue weighted by atomic mass is 16.1. The Morgan fingerprint density at radius 1 is 0.950 bits per heavy atom. The van der Waals surface area contributed by atoms with Crippen molar-refractivity contribution in [3.8, 4) is 0 Å². The largest absolute Gasteiger partial charge is 0.235 e. The molecule has 0 radical (unpaired) electrons. The Balaban J connectivity index is 3.39. The van der Waals surface area contributed by atoms with E-state index in [1.54, 1.807) is 12.2 Å². The van der Waals surface area contributed by atoms with Crippen LogP contribution >= 0.6 is 0 Å². The van der Waals surface area contributed by atoms with Gasteiger partial charge in [0, 0.05) is 0 Å². The molecule has 106 valence electrons. The van der Waals surface area contributed by atoms with Crippen molar-refractivity contribution in [3.63, 3.8) is 0 Å². The minimum atomic E-state index is -0.600. The van der Waals surface area contributed by atoms with E-state index in [4.69, 9.17) is 0 Å². The quantitative estimate of drug-likeness (QED) is 0.586. The lowest BCUT2D eigenvalue weighted by atomic mass is 9.84. The maximum Gasteiger partial charge on any atom is 0.235 e. The van der Waals surface area contributed by atoms with Crippen LogP contribution in [-0.4, -0.2) is 12.2 Å². The lowest BCUT2D eigenvalue weighted by Gasteiger charge is -2.26. The molecule has 1 aromatic rings. The summed E-state index contributed by atoms with van der Waals surface area (Å²) in [7, 11) is 0. The number of hydrogen-bond donors (Lipinski definition) is 0. The van der Waals surface area contributed by atoms with E-state index in [1.165, 1.54) is 0 Å². The van der Waals surface area contributed by atoms with Crippen LogP contribution in [0.15, 0.2) is 34.3 Å². The van der Waals surface area contributed by atoms with Crippen molar-refractivity contribution in [1.82, 2.24) is 0 Å². The Hall–Kier alpha value is -2.02. The zero-order chi connectivity index (χ0) is 15.2. The third-order valence-corrected chi connectivity index (χ3v) is 4.07. The van der Waals surface area contributed by atoms with Gasteiger partial charge in [-0.1, -0.05) is 38.1 Å². The number of nitrogens with zero attached hydrogens (tertiary/aromatic N) is 2. The van der Waals surface area contributed by atoms with E-state index >= 15 is 0 Å². The highest BCUT2D eigenvalue weighted by molar-refractivity contribution is 5.42. The number of benzene rings is 1. The average Bonchev–Trinajstić information content (AvgIpc) is 2.47. The fourth-order valence-corrected chi connectivity index (χ4v) is 2.09. The summed E-state index contributed by atoms with van der Waals surface area (Å²) in [6.45, 7) is 7.72. The summed E-state index contributed by atoms with van der Waals surface area (Å²) >= 11 is 0. The number of isocyanates is 2. The number of hydrogen-bond acceptors (Lipinski definition) is 4. The van der Waals surface area contributed by atoms with E-state index < -0.39 is 11.1 Å². The van der Waals surface area contributed by atoms with E-state index in [0.29, 0.717) is 12.8 Å². The molecule has 4 heteroatoms. The van der Waals surface area contributed by atoms with Crippen LogP contribution in [0, 0.1) is 0 Å². The van der Waals surface area contributed by atoms with Crippen molar-refractivity contribution in [3.05, 3.63) is 35.4 Å². The minimum absolute atomic E-state index is 0.600. The van der Waals surface area contributed by atoms with Gasteiger partial charge in [-0.2, -0.15) is 9.98 Å². The van der Waals surface area contributed by atoms with Crippen LogP contribution < -0.4 is 0 Å². The molecule has 0 heterocycles. The van der Waals surface area contributed by atoms with Gasteiger partial charge >= 0.3 is 0 Å². The molecular weight excluding hydrogens is 252 g/mol. The highest BCUT2D eigenvalue weighted by Crippen LogP contribution is 2.34. The van der Waals surface area contributed by atoms with Gasteiger partial charge in [-0.3, -0.25) is 0 Å². The SMILES string of the molecule is CCC(C)(N=C=O)c1cccc(C(C)(CC)N=C=O)c1. The molecule has 0 aliphatic rings. The van der Waals surface area contributed by atoms with Crippen molar-refractivity contribution in [2.45, 2.75) is 51.6 Å². The molecule has 0 saturated carbocycles. The zero-order valence-electron chi connectivity index (χ0n) is 12.4. The highest BCUT2D eigenvalue weighted by Gasteiger charge is 2.28. The van der Waals surface area contributed by atoms with Crippen molar-refractivity contribution in [1.29, 1.82) is 0 Å². The van der Waals surface area contributed by atoms with Crippen LogP contribution in [0.5, 0.6) is 0 Å². The third kappa shape index (κ3) is 3.11. The van der Waals surface area contributed by atoms with Crippen LogP contribution in [0.2, 0.25) is 0 Å². The second-order valence-electron chi connectivity index (χ2n) is 5.24. The molecule has 0 aliphatic carbocycles. The molecule has 0 spiro atoms. The Labute approximate surface area is 119 Å². The maximum absolute atomic E-state index is 10.6. The molecule has 2 atom stereocenters. The van der Waals surface area contributed by atoms with Crippen LogP contribution in [0.3, 0.4) is 0 Å². The zero-order valence-corrected chi connectivity index (χ0v) is 12.4. The van der Waals surface area contributed by atoms with Crippen LogP contribution in [0.4, 0.5) is 0 Å². The Bertz CT molecular complexity index is 524. The first-order chi connectivity index (χ1) is 9.45. The van der Waals surface area contributed by atoms with Gasteiger partial charge in [0.2, 0.25) is 12.2 Å². The fraction of sp³-hybridized carbons (Fsp3) is 0.500. The van der Waals surface area contributed by atoms with Gasteiger partial charge in [0.1, 0.15) is 0 Å². The number of carbonyl (C=O) groups excluding carboxylic acids is 2. The smallest absolute Gasteiger partial charge is 0.211 e. The van der Waals surface area contributed by atoms with Gasteiger partial charge in [0.15, 0.2) is 0 Å². The predicted octanol–water partition coefficient (Wildman–Crippen LogP) is 3.61. The molecule has 0 aromatic heterocycles. The van der Waals surface area contributed by atoms with Crippen molar-refractivity contribution in [2.75, 3.05) is 0 Å². The van der Waals surface area contributed by atoms with Crippen LogP contribution in [0.1, 0.15) is 51.7 Å². The molecule has 0 N–H and O–H groups in total. The Morgan fingerprint density at radius 2 is 1.35 bits per heavy atom. The molecule has 2 unspecified atom stereocenters. The Kier molecular flexibility index (Phi) is 5.15. The van der Waals surface area contributed by atoms with Crippen LogP contribution in [0.25, 0.3) is 0 Å². The average molecular weight is 272 g/mol. The summed E-state index contributed by atoms with van der Waals surface area (Å²) in [6.07, 6.45) is 4.66. The second kappa shape index (κ2) is 6.42. The monoisotopic (exact) mass is 272 g/mol. The maximum atomic E-state index is 10.6. The summed E-state index contributed by atoms with van der Waals surface area (Å²) in [5.74, 6) is 0. The van der Waals surface area contributed by atoms with E-state index in [-0.39, 0.29) is 0 Å². The first-order valence-corrected chi connectivity index (χ1v) is 6.75. The predicted molar refractivity (Wildman–Crippen MR) is 78.0 cm³/mol. The summed E-state index contributed by atoms with van der Waals surface area (Å²) in [4.78, 5) is 29.1. The molecule has 0 amide bonds. The van der Waals surface area contributed by atoms with E-state index in [2.05, 4.69) is 9.98 Å². The molecule has 0 fully saturated rings. The second-order valence-corrected chi connectivity index (χ2v) is 5.24. The molecule has 4 nitrogen and oxygen atoms in total. The molecule has 1 aromatic carbocycles. The van der Waals surface area contributed by atoms with Crippen LogP contribution in [-0.2, 0) is 20.7 Å². The molecule has 20 heavy (non-hydrogen) atoms. The van der Waals surface area contributed by atoms with Gasteiger partial charge in [-0.25, -0.2) is 9.59 Å². The number of rotatable bonds is 6. The molecule has 0 bridgehead atoms. The standard InChI is InChI=1S/C16H20N2O2/c1-5-15(3,17-11-19)13-8-7-9-14(10-13)16(4,6-2)18-12-20/h7-10H,5-6H2,1-4H3. The van der Waals surface area contributed by atoms with Gasteiger partial charge in [0.25, 0.3) is 0 Å². The minimum Gasteiger partial charge on any atom is -0.211 e. The first kappa shape index (κ1) is 16.0. The lowest BCUT2D eigenvalue weighted by Crippen LogP contribution is -2.21. The van der Waals surface area contributed by atoms with Crippen molar-refractivity contribution < 1.29 is 9.59 Å². The summed E-state index contributed by atoms with van der Waals surface area (Å²) in [6, 6.07) is 7.70. The topological polar surface area (TPSA) is 58.9 Å². The fourth-order valence-electron chi connectivity index (χ4n) is 2.09. The van der Waals surface area contributed by atoms with Crippen molar-refractivity contribution in [2.24, 2.45) is 9.98 Å². The lowest BCUT2D eigenvalue weighted by molar-refractivity contribution is 0.454. The van der Waals surface area contributed by atoms with E-state index in [1.807, 2.05) is 52.0 Å². The van der Waals surface area contributed by atoms with E-state index in [0.717, 1.165) is 11.1 Å². The summed E-state index contributed by atoms with van der Waals surface area (Å²) in [5, 5.41) is 0. The first-order valence-electron chi connectivity index (χ1n) is 6.75. The Morgan fingerprint density at radius 3 is 1.65 bits per heavy atom. The summed E-state index contributed by atoms with van der Waals surface area (Å²) in [5.41, 5.74) is 0.637. The molecule has 0 aliphatic heterocycles. The molecule has 0 saturated heterocycles. The number of aliphatic imine (C=N–C) groups is 2. The normalized spacial score (nSPS) is 16.2. The summed E-state index contributed by atoms with van der Waals surface area (Å²) < 4.78 is 0.